The number of nitrogens with zero attached hydrogens (tertiary/aromatic N) is 8. The number of ether oxygens (including phenoxy) is 1. The zero-order valence-corrected chi connectivity index (χ0v) is 28.3. The molecule has 6 heterocycles. The van der Waals surface area contributed by atoms with Gasteiger partial charge in [0.25, 0.3) is 0 Å². The van der Waals surface area contributed by atoms with E-state index in [0.717, 1.165) is 79.2 Å². The van der Waals surface area contributed by atoms with Gasteiger partial charge in [0.2, 0.25) is 5.88 Å². The Morgan fingerprint density at radius 2 is 1.69 bits per heavy atom. The summed E-state index contributed by atoms with van der Waals surface area (Å²) in [4.78, 5) is 16.8. The van der Waals surface area contributed by atoms with E-state index in [-0.39, 0.29) is 6.10 Å². The molecule has 2 aromatic carbocycles. The van der Waals surface area contributed by atoms with Crippen LogP contribution in [0.5, 0.6) is 5.88 Å². The molecule has 3 aromatic heterocycles. The zero-order chi connectivity index (χ0) is 32.7. The first-order chi connectivity index (χ1) is 23.4. The fraction of sp³-hybridized carbons (Fsp3) is 0.421. The molecule has 0 aliphatic carbocycles. The molecule has 1 unspecified atom stereocenters. The van der Waals surface area contributed by atoms with Crippen LogP contribution in [0, 0.1) is 5.41 Å². The van der Waals surface area contributed by atoms with E-state index in [1.165, 1.54) is 42.8 Å². The van der Waals surface area contributed by atoms with Crippen molar-refractivity contribution in [2.24, 2.45) is 12.5 Å². The molecule has 10 heteroatoms. The average molecular weight is 644 g/mol. The van der Waals surface area contributed by atoms with Crippen molar-refractivity contribution in [2.75, 3.05) is 57.3 Å². The van der Waals surface area contributed by atoms with Crippen molar-refractivity contribution in [1.82, 2.24) is 39.7 Å². The van der Waals surface area contributed by atoms with Crippen molar-refractivity contribution in [3.63, 3.8) is 0 Å². The number of benzene rings is 2. The van der Waals surface area contributed by atoms with Crippen molar-refractivity contribution in [3.8, 4) is 28.5 Å². The van der Waals surface area contributed by atoms with Gasteiger partial charge >= 0.3 is 0 Å². The third-order valence-corrected chi connectivity index (χ3v) is 10.4. The molecule has 1 spiro atoms. The lowest BCUT2D eigenvalue weighted by Crippen LogP contribution is -2.38. The van der Waals surface area contributed by atoms with Gasteiger partial charge in [-0.2, -0.15) is 10.2 Å². The second kappa shape index (κ2) is 12.8. The quantitative estimate of drug-likeness (QED) is 0.212. The zero-order valence-electron chi connectivity index (χ0n) is 28.3. The summed E-state index contributed by atoms with van der Waals surface area (Å²) in [6, 6.07) is 19.4. The molecule has 0 radical (unpaired) electrons. The van der Waals surface area contributed by atoms with E-state index in [0.29, 0.717) is 11.3 Å². The summed E-state index contributed by atoms with van der Waals surface area (Å²) in [6.07, 6.45) is 9.76. The maximum Gasteiger partial charge on any atom is 0.213 e. The molecule has 0 amide bonds. The van der Waals surface area contributed by atoms with Crippen LogP contribution in [-0.4, -0.2) is 98.2 Å². The number of aryl methyl sites for hydroxylation is 1. The van der Waals surface area contributed by atoms with Crippen LogP contribution in [0.1, 0.15) is 38.7 Å². The Morgan fingerprint density at radius 3 is 2.44 bits per heavy atom. The highest BCUT2D eigenvalue weighted by Crippen LogP contribution is 2.42. The lowest BCUT2D eigenvalue weighted by atomic mass is 9.86. The number of hydrogen-bond acceptors (Lipinski definition) is 8. The Morgan fingerprint density at radius 1 is 0.875 bits per heavy atom. The molecule has 0 bridgehead atoms. The van der Waals surface area contributed by atoms with Gasteiger partial charge in [0.05, 0.1) is 11.6 Å². The predicted molar refractivity (Wildman–Crippen MR) is 191 cm³/mol. The Hall–Kier alpha value is -4.54. The molecule has 2 saturated heterocycles. The Labute approximate surface area is 282 Å². The summed E-state index contributed by atoms with van der Waals surface area (Å²) in [5, 5.41) is 13.4. The minimum atomic E-state index is 0.0982. The van der Waals surface area contributed by atoms with Gasteiger partial charge in [-0.3, -0.25) is 14.7 Å². The summed E-state index contributed by atoms with van der Waals surface area (Å²) in [5.74, 6) is 1.42. The normalized spacial score (nSPS) is 20.4. The van der Waals surface area contributed by atoms with E-state index in [1.807, 2.05) is 39.2 Å². The Bertz CT molecular complexity index is 1910. The molecule has 48 heavy (non-hydrogen) atoms. The highest BCUT2D eigenvalue weighted by molar-refractivity contribution is 5.95. The lowest BCUT2D eigenvalue weighted by Gasteiger charge is -2.29. The smallest absolute Gasteiger partial charge is 0.213 e. The summed E-state index contributed by atoms with van der Waals surface area (Å²) >= 11 is 0. The van der Waals surface area contributed by atoms with Gasteiger partial charge in [-0.15, -0.1) is 0 Å². The second-order valence-corrected chi connectivity index (χ2v) is 14.2. The predicted octanol–water partition coefficient (Wildman–Crippen LogP) is 5.90. The second-order valence-electron chi connectivity index (χ2n) is 14.2. The standard InChI is InChI=1S/C38H45N9O/c1-27(2)48-35-11-8-31(23-39-35)36-33-22-32(9-10-34(33)41-42-36)47-19-15-38(25-47)14-18-46(24-38)21-20-45-16-12-29(13-17-45)28-4-6-30(7-5-28)37-40-26-44(3)43-37/h4-12,22-23,26-27H,13-21,24-25H2,1-3H3,(H,41,42). The molecular formula is C38H45N9O. The third-order valence-electron chi connectivity index (χ3n) is 10.4. The van der Waals surface area contributed by atoms with Crippen LogP contribution in [0.15, 0.2) is 73.2 Å². The monoisotopic (exact) mass is 643 g/mol. The summed E-state index contributed by atoms with van der Waals surface area (Å²) in [6.45, 7) is 13.1. The van der Waals surface area contributed by atoms with Crippen molar-refractivity contribution >= 4 is 22.2 Å². The summed E-state index contributed by atoms with van der Waals surface area (Å²) < 4.78 is 7.48. The van der Waals surface area contributed by atoms with Crippen molar-refractivity contribution in [1.29, 1.82) is 0 Å². The van der Waals surface area contributed by atoms with Crippen molar-refractivity contribution in [3.05, 3.63) is 78.8 Å². The molecule has 5 aromatic rings. The number of hydrogen-bond donors (Lipinski definition) is 1. The first-order valence-electron chi connectivity index (χ1n) is 17.4. The molecule has 10 nitrogen and oxygen atoms in total. The van der Waals surface area contributed by atoms with Gasteiger partial charge in [0, 0.05) is 92.7 Å². The maximum atomic E-state index is 5.74. The van der Waals surface area contributed by atoms with Gasteiger partial charge in [-0.1, -0.05) is 30.3 Å². The molecule has 3 aliphatic rings. The molecular weight excluding hydrogens is 598 g/mol. The number of H-pyrrole nitrogens is 1. The molecule has 1 atom stereocenters. The number of aromatic amines is 1. The number of fused-ring (bicyclic) bond motifs is 1. The van der Waals surface area contributed by atoms with Crippen LogP contribution >= 0.6 is 0 Å². The molecule has 0 saturated carbocycles. The first kappa shape index (κ1) is 30.8. The number of aromatic nitrogens is 6. The largest absolute Gasteiger partial charge is 0.475 e. The average Bonchev–Trinajstić information content (AvgIpc) is 3.92. The van der Waals surface area contributed by atoms with Crippen LogP contribution in [-0.2, 0) is 7.05 Å². The van der Waals surface area contributed by atoms with Crippen molar-refractivity contribution in [2.45, 2.75) is 39.2 Å². The number of anilines is 1. The summed E-state index contributed by atoms with van der Waals surface area (Å²) in [5.41, 5.74) is 8.47. The molecule has 8 rings (SSSR count). The highest BCUT2D eigenvalue weighted by atomic mass is 16.5. The number of nitrogens with one attached hydrogen (secondary N) is 1. The Kier molecular flexibility index (Phi) is 8.22. The van der Waals surface area contributed by atoms with Gasteiger partial charge in [-0.05, 0) is 75.1 Å². The van der Waals surface area contributed by atoms with E-state index in [9.17, 15) is 0 Å². The number of likely N-dealkylation sites (tertiary alicyclic amines) is 1. The van der Waals surface area contributed by atoms with E-state index in [4.69, 9.17) is 4.74 Å². The fourth-order valence-corrected chi connectivity index (χ4v) is 7.72. The molecule has 2 fully saturated rings. The maximum absolute atomic E-state index is 5.74. The lowest BCUT2D eigenvalue weighted by molar-refractivity contribution is 0.222. The highest BCUT2D eigenvalue weighted by Gasteiger charge is 2.43. The topological polar surface area (TPSA) is 91.2 Å². The van der Waals surface area contributed by atoms with Crippen molar-refractivity contribution < 1.29 is 4.74 Å². The van der Waals surface area contributed by atoms with Crippen LogP contribution in [0.2, 0.25) is 0 Å². The van der Waals surface area contributed by atoms with Gasteiger partial charge in [-0.25, -0.2) is 9.97 Å². The van der Waals surface area contributed by atoms with Gasteiger partial charge < -0.3 is 14.5 Å². The van der Waals surface area contributed by atoms with E-state index in [1.54, 1.807) is 11.0 Å². The first-order valence-corrected chi connectivity index (χ1v) is 17.4. The van der Waals surface area contributed by atoms with Crippen LogP contribution in [0.25, 0.3) is 39.1 Å². The Balaban J connectivity index is 0.848. The molecule has 1 N–H and O–H groups in total. The third kappa shape index (κ3) is 6.34. The van der Waals surface area contributed by atoms with Crippen LogP contribution in [0.4, 0.5) is 5.69 Å². The van der Waals surface area contributed by atoms with E-state index < -0.39 is 0 Å². The minimum absolute atomic E-state index is 0.0982. The van der Waals surface area contributed by atoms with Crippen LogP contribution in [0.3, 0.4) is 0 Å². The van der Waals surface area contributed by atoms with Crippen LogP contribution < -0.4 is 9.64 Å². The summed E-state index contributed by atoms with van der Waals surface area (Å²) in [7, 11) is 1.90. The SMILES string of the molecule is CC(C)Oc1ccc(-c2n[nH]c3ccc(N4CCC5(CCN(CCN6CC=C(c7ccc(-c8ncn(C)n8)cc7)CC6)C5)C4)cc23)cn1. The fourth-order valence-electron chi connectivity index (χ4n) is 7.72. The number of pyridine rings is 1. The van der Waals surface area contributed by atoms with Gasteiger partial charge in [0.15, 0.2) is 5.82 Å². The molecule has 3 aliphatic heterocycles. The van der Waals surface area contributed by atoms with Gasteiger partial charge in [0.1, 0.15) is 12.0 Å². The van der Waals surface area contributed by atoms with E-state index in [2.05, 4.69) is 88.5 Å². The minimum Gasteiger partial charge on any atom is -0.475 e. The van der Waals surface area contributed by atoms with E-state index >= 15 is 0 Å². The number of rotatable bonds is 9. The molecule has 248 valence electrons.